The third-order valence-electron chi connectivity index (χ3n) is 3.36. The molecule has 0 atom stereocenters. The standard InChI is InChI=1S/C16H17N3O2/c20-16(18-8-10-21-11-9-18)7-6-14-12-17-19(13-14)15-4-2-1-3-5-15/h1-7,12-13H,8-11H2. The molecule has 0 radical (unpaired) electrons. The SMILES string of the molecule is O=C(C=Cc1cnn(-c2ccccc2)c1)N1CCOCC1. The largest absolute Gasteiger partial charge is 0.378 e. The molecule has 1 fully saturated rings. The van der Waals surface area contributed by atoms with Crippen LogP contribution in [0.15, 0.2) is 48.8 Å². The molecule has 0 saturated carbocycles. The number of para-hydroxylation sites is 1. The van der Waals surface area contributed by atoms with Crippen molar-refractivity contribution in [3.8, 4) is 5.69 Å². The first-order valence-corrected chi connectivity index (χ1v) is 6.98. The molecule has 1 aliphatic heterocycles. The smallest absolute Gasteiger partial charge is 0.246 e. The fourth-order valence-electron chi connectivity index (χ4n) is 2.20. The number of nitrogens with zero attached hydrogens (tertiary/aromatic N) is 3. The van der Waals surface area contributed by atoms with Crippen LogP contribution >= 0.6 is 0 Å². The van der Waals surface area contributed by atoms with E-state index in [9.17, 15) is 4.79 Å². The van der Waals surface area contributed by atoms with Crippen LogP contribution in [0.5, 0.6) is 0 Å². The van der Waals surface area contributed by atoms with E-state index in [4.69, 9.17) is 4.74 Å². The Kier molecular flexibility index (Phi) is 4.12. The zero-order valence-corrected chi connectivity index (χ0v) is 11.7. The van der Waals surface area contributed by atoms with Gasteiger partial charge < -0.3 is 9.64 Å². The van der Waals surface area contributed by atoms with E-state index in [2.05, 4.69) is 5.10 Å². The summed E-state index contributed by atoms with van der Waals surface area (Å²) in [6, 6.07) is 9.87. The van der Waals surface area contributed by atoms with E-state index in [0.717, 1.165) is 11.3 Å². The fourth-order valence-corrected chi connectivity index (χ4v) is 2.20. The summed E-state index contributed by atoms with van der Waals surface area (Å²) in [6.45, 7) is 2.55. The average molecular weight is 283 g/mol. The highest BCUT2D eigenvalue weighted by atomic mass is 16.5. The molecule has 1 amide bonds. The zero-order valence-electron chi connectivity index (χ0n) is 11.7. The lowest BCUT2D eigenvalue weighted by Gasteiger charge is -2.25. The van der Waals surface area contributed by atoms with Gasteiger partial charge in [0.1, 0.15) is 0 Å². The summed E-state index contributed by atoms with van der Waals surface area (Å²) in [5, 5.41) is 4.30. The zero-order chi connectivity index (χ0) is 14.5. The average Bonchev–Trinajstić information content (AvgIpc) is 3.03. The van der Waals surface area contributed by atoms with Crippen LogP contribution in [0.4, 0.5) is 0 Å². The van der Waals surface area contributed by atoms with E-state index in [1.165, 1.54) is 0 Å². The molecule has 1 aromatic heterocycles. The van der Waals surface area contributed by atoms with Gasteiger partial charge in [0, 0.05) is 30.9 Å². The maximum absolute atomic E-state index is 12.0. The van der Waals surface area contributed by atoms with Gasteiger partial charge in [-0.3, -0.25) is 4.79 Å². The number of carbonyl (C=O) groups excluding carboxylic acids is 1. The Morgan fingerprint density at radius 2 is 1.95 bits per heavy atom. The second-order valence-corrected chi connectivity index (χ2v) is 4.82. The van der Waals surface area contributed by atoms with E-state index in [1.54, 1.807) is 27.9 Å². The van der Waals surface area contributed by atoms with Crippen LogP contribution in [0, 0.1) is 0 Å². The van der Waals surface area contributed by atoms with Gasteiger partial charge in [0.25, 0.3) is 0 Å². The van der Waals surface area contributed by atoms with Crippen LogP contribution in [0.1, 0.15) is 5.56 Å². The van der Waals surface area contributed by atoms with Gasteiger partial charge in [-0.05, 0) is 18.2 Å². The van der Waals surface area contributed by atoms with Crippen molar-refractivity contribution in [2.75, 3.05) is 26.3 Å². The normalized spacial score (nSPS) is 15.5. The van der Waals surface area contributed by atoms with Gasteiger partial charge in [-0.1, -0.05) is 18.2 Å². The van der Waals surface area contributed by atoms with Crippen molar-refractivity contribution in [2.24, 2.45) is 0 Å². The number of carbonyl (C=O) groups is 1. The van der Waals surface area contributed by atoms with Crippen molar-refractivity contribution in [1.29, 1.82) is 0 Å². The van der Waals surface area contributed by atoms with Crippen molar-refractivity contribution >= 4 is 12.0 Å². The Hall–Kier alpha value is -2.40. The lowest BCUT2D eigenvalue weighted by molar-refractivity contribution is -0.129. The Bertz CT molecular complexity index is 628. The first-order chi connectivity index (χ1) is 10.3. The molecule has 3 rings (SSSR count). The summed E-state index contributed by atoms with van der Waals surface area (Å²) < 4.78 is 7.02. The van der Waals surface area contributed by atoms with E-state index >= 15 is 0 Å². The summed E-state index contributed by atoms with van der Waals surface area (Å²) in [7, 11) is 0. The summed E-state index contributed by atoms with van der Waals surface area (Å²) >= 11 is 0. The molecule has 5 heteroatoms. The second kappa shape index (κ2) is 6.37. The highest BCUT2D eigenvalue weighted by Gasteiger charge is 2.13. The van der Waals surface area contributed by atoms with Crippen LogP contribution in [-0.4, -0.2) is 46.9 Å². The summed E-state index contributed by atoms with van der Waals surface area (Å²) in [5.41, 5.74) is 1.90. The van der Waals surface area contributed by atoms with Gasteiger partial charge in [0.2, 0.25) is 5.91 Å². The minimum Gasteiger partial charge on any atom is -0.378 e. The van der Waals surface area contributed by atoms with Gasteiger partial charge in [-0.2, -0.15) is 5.10 Å². The molecule has 1 aliphatic rings. The summed E-state index contributed by atoms with van der Waals surface area (Å²) in [6.07, 6.45) is 7.04. The molecule has 0 N–H and O–H groups in total. The van der Waals surface area contributed by atoms with E-state index in [-0.39, 0.29) is 5.91 Å². The lowest BCUT2D eigenvalue weighted by Crippen LogP contribution is -2.39. The van der Waals surface area contributed by atoms with E-state index in [0.29, 0.717) is 26.3 Å². The molecule has 2 aromatic rings. The molecule has 2 heterocycles. The molecule has 0 aliphatic carbocycles. The van der Waals surface area contributed by atoms with E-state index in [1.807, 2.05) is 36.5 Å². The van der Waals surface area contributed by atoms with Gasteiger partial charge in [0.05, 0.1) is 25.1 Å². The number of aromatic nitrogens is 2. The first kappa shape index (κ1) is 13.6. The van der Waals surface area contributed by atoms with Gasteiger partial charge in [0.15, 0.2) is 0 Å². The minimum absolute atomic E-state index is 0.0192. The van der Waals surface area contributed by atoms with Gasteiger partial charge in [-0.15, -0.1) is 0 Å². The third kappa shape index (κ3) is 3.38. The van der Waals surface area contributed by atoms with Crippen LogP contribution in [-0.2, 0) is 9.53 Å². The van der Waals surface area contributed by atoms with Crippen molar-refractivity contribution in [3.05, 3.63) is 54.4 Å². The topological polar surface area (TPSA) is 47.4 Å². The maximum atomic E-state index is 12.0. The molecule has 0 unspecified atom stereocenters. The highest BCUT2D eigenvalue weighted by molar-refractivity contribution is 5.91. The minimum atomic E-state index is 0.0192. The van der Waals surface area contributed by atoms with Gasteiger partial charge in [-0.25, -0.2) is 4.68 Å². The molecule has 108 valence electrons. The number of hydrogen-bond donors (Lipinski definition) is 0. The Labute approximate surface area is 123 Å². The molecular weight excluding hydrogens is 266 g/mol. The Morgan fingerprint density at radius 1 is 1.19 bits per heavy atom. The quantitative estimate of drug-likeness (QED) is 0.806. The maximum Gasteiger partial charge on any atom is 0.246 e. The molecule has 1 saturated heterocycles. The molecular formula is C16H17N3O2. The second-order valence-electron chi connectivity index (χ2n) is 4.82. The predicted molar refractivity (Wildman–Crippen MR) is 80.0 cm³/mol. The van der Waals surface area contributed by atoms with Crippen molar-refractivity contribution in [3.63, 3.8) is 0 Å². The van der Waals surface area contributed by atoms with Crippen LogP contribution in [0.2, 0.25) is 0 Å². The highest BCUT2D eigenvalue weighted by Crippen LogP contribution is 2.09. The predicted octanol–water partition coefficient (Wildman–Crippen LogP) is 1.74. The molecule has 21 heavy (non-hydrogen) atoms. The number of benzene rings is 1. The summed E-state index contributed by atoms with van der Waals surface area (Å²) in [5.74, 6) is 0.0192. The van der Waals surface area contributed by atoms with Crippen molar-refractivity contribution in [2.45, 2.75) is 0 Å². The molecule has 0 bridgehead atoms. The van der Waals surface area contributed by atoms with Crippen LogP contribution in [0.3, 0.4) is 0 Å². The monoisotopic (exact) mass is 283 g/mol. The summed E-state index contributed by atoms with van der Waals surface area (Å²) in [4.78, 5) is 13.8. The van der Waals surface area contributed by atoms with Crippen molar-refractivity contribution in [1.82, 2.24) is 14.7 Å². The molecule has 5 nitrogen and oxygen atoms in total. The number of ether oxygens (including phenoxy) is 1. The van der Waals surface area contributed by atoms with Crippen molar-refractivity contribution < 1.29 is 9.53 Å². The Morgan fingerprint density at radius 3 is 2.71 bits per heavy atom. The molecule has 0 spiro atoms. The number of rotatable bonds is 3. The Balaban J connectivity index is 1.66. The third-order valence-corrected chi connectivity index (χ3v) is 3.36. The first-order valence-electron chi connectivity index (χ1n) is 6.98. The lowest BCUT2D eigenvalue weighted by atomic mass is 10.3. The number of morpholine rings is 1. The van der Waals surface area contributed by atoms with Crippen LogP contribution < -0.4 is 0 Å². The van der Waals surface area contributed by atoms with Gasteiger partial charge >= 0.3 is 0 Å². The van der Waals surface area contributed by atoms with E-state index < -0.39 is 0 Å². The van der Waals surface area contributed by atoms with Crippen LogP contribution in [0.25, 0.3) is 11.8 Å². The fraction of sp³-hybridized carbons (Fsp3) is 0.250. The number of amides is 1. The molecule has 1 aromatic carbocycles. The number of hydrogen-bond acceptors (Lipinski definition) is 3.